The van der Waals surface area contributed by atoms with Gasteiger partial charge in [-0.1, -0.05) is 25.1 Å². The van der Waals surface area contributed by atoms with E-state index in [1.54, 1.807) is 0 Å². The van der Waals surface area contributed by atoms with Crippen LogP contribution in [0.2, 0.25) is 0 Å². The molecule has 33 heavy (non-hydrogen) atoms. The van der Waals surface area contributed by atoms with Gasteiger partial charge in [0.15, 0.2) is 6.17 Å². The maximum absolute atomic E-state index is 13.6. The largest absolute Gasteiger partial charge is 0.362 e. The van der Waals surface area contributed by atoms with Crippen LogP contribution in [0.4, 0.5) is 0 Å². The molecule has 2 atom stereocenters. The predicted molar refractivity (Wildman–Crippen MR) is 128 cm³/mol. The number of azo groups is 1. The number of nitrogens with zero attached hydrogens (tertiary/aromatic N) is 4. The number of hydrogen-bond donors (Lipinski definition) is 2. The number of allylic oxidation sites excluding steroid dienone is 1. The topological polar surface area (TPSA) is 83.7 Å². The highest BCUT2D eigenvalue weighted by Crippen LogP contribution is 2.53. The second-order valence-electron chi connectivity index (χ2n) is 10.1. The Labute approximate surface area is 195 Å². The zero-order chi connectivity index (χ0) is 23.7. The van der Waals surface area contributed by atoms with Crippen molar-refractivity contribution >= 4 is 5.91 Å². The summed E-state index contributed by atoms with van der Waals surface area (Å²) in [5.74, 6) is -0.0135. The molecule has 3 aliphatic heterocycles. The molecule has 1 amide bonds. The first kappa shape index (κ1) is 21.6. The van der Waals surface area contributed by atoms with E-state index in [2.05, 4.69) is 77.9 Å². The minimum atomic E-state index is -0.598. The lowest BCUT2D eigenvalue weighted by molar-refractivity contribution is -0.120. The van der Waals surface area contributed by atoms with Crippen molar-refractivity contribution in [2.24, 2.45) is 17.3 Å². The van der Waals surface area contributed by atoms with Crippen LogP contribution in [-0.4, -0.2) is 27.4 Å². The fraction of sp³-hybridized carbons (Fsp3) is 0.462. The third-order valence-electron chi connectivity index (χ3n) is 7.47. The molecule has 0 fully saturated rings. The molecule has 2 N–H and O–H groups in total. The third kappa shape index (κ3) is 3.01. The Morgan fingerprint density at radius 1 is 1.21 bits per heavy atom. The number of aryl methyl sites for hydroxylation is 2. The van der Waals surface area contributed by atoms with Gasteiger partial charge in [-0.25, -0.2) is 0 Å². The van der Waals surface area contributed by atoms with Crippen LogP contribution in [0.1, 0.15) is 57.5 Å². The van der Waals surface area contributed by atoms with Crippen LogP contribution in [0.15, 0.2) is 57.0 Å². The molecular weight excluding hydrogens is 412 g/mol. The molecule has 7 heteroatoms. The third-order valence-corrected chi connectivity index (χ3v) is 7.47. The molecule has 1 aromatic carbocycles. The number of amides is 1. The number of fused-ring (bicyclic) bond motifs is 1. The highest BCUT2D eigenvalue weighted by atomic mass is 16.2. The van der Waals surface area contributed by atoms with E-state index in [1.807, 2.05) is 25.6 Å². The smallest absolute Gasteiger partial charge is 0.250 e. The molecule has 0 saturated carbocycles. The zero-order valence-electron chi connectivity index (χ0n) is 20.5. The highest BCUT2D eigenvalue weighted by molar-refractivity contribution is 6.00. The van der Waals surface area contributed by atoms with Crippen LogP contribution in [0, 0.1) is 13.8 Å². The summed E-state index contributed by atoms with van der Waals surface area (Å²) in [6, 6.07) is 8.60. The normalized spacial score (nSPS) is 25.7. The van der Waals surface area contributed by atoms with Crippen LogP contribution in [0.5, 0.6) is 0 Å². The van der Waals surface area contributed by atoms with Gasteiger partial charge in [-0.05, 0) is 58.2 Å². The van der Waals surface area contributed by atoms with Gasteiger partial charge >= 0.3 is 0 Å². The molecule has 3 aliphatic rings. The summed E-state index contributed by atoms with van der Waals surface area (Å²) >= 11 is 0. The van der Waals surface area contributed by atoms with E-state index in [0.29, 0.717) is 0 Å². The Balaban J connectivity index is 1.79. The Bertz CT molecular complexity index is 1280. The van der Waals surface area contributed by atoms with Crippen molar-refractivity contribution in [2.45, 2.75) is 71.5 Å². The summed E-state index contributed by atoms with van der Waals surface area (Å²) in [6.07, 6.45) is 1.23. The summed E-state index contributed by atoms with van der Waals surface area (Å²) in [4.78, 5) is 13.6. The molecule has 5 rings (SSSR count). The second kappa shape index (κ2) is 7.14. The molecule has 2 aromatic rings. The molecule has 0 bridgehead atoms. The number of benzene rings is 1. The Kier molecular flexibility index (Phi) is 4.68. The van der Waals surface area contributed by atoms with Crippen molar-refractivity contribution in [1.29, 1.82) is 0 Å². The van der Waals surface area contributed by atoms with E-state index in [1.165, 1.54) is 0 Å². The minimum absolute atomic E-state index is 0.0135. The fourth-order valence-corrected chi connectivity index (χ4v) is 6.06. The lowest BCUT2D eigenvalue weighted by Crippen LogP contribution is -2.58. The van der Waals surface area contributed by atoms with E-state index in [4.69, 9.17) is 0 Å². The van der Waals surface area contributed by atoms with Gasteiger partial charge in [0.2, 0.25) is 0 Å². The van der Waals surface area contributed by atoms with Gasteiger partial charge in [0.25, 0.3) is 5.91 Å². The first-order chi connectivity index (χ1) is 15.6. The van der Waals surface area contributed by atoms with E-state index >= 15 is 0 Å². The van der Waals surface area contributed by atoms with Crippen molar-refractivity contribution < 1.29 is 4.79 Å². The lowest BCUT2D eigenvalue weighted by atomic mass is 9.61. The van der Waals surface area contributed by atoms with Gasteiger partial charge in [-0.3, -0.25) is 9.48 Å². The maximum Gasteiger partial charge on any atom is 0.250 e. The number of carbonyl (C=O) groups excluding carboxylic acids is 1. The van der Waals surface area contributed by atoms with Crippen molar-refractivity contribution in [3.05, 3.63) is 63.8 Å². The lowest BCUT2D eigenvalue weighted by Gasteiger charge is -2.48. The summed E-state index contributed by atoms with van der Waals surface area (Å²) in [5, 5.41) is 20.4. The average molecular weight is 445 g/mol. The minimum Gasteiger partial charge on any atom is -0.362 e. The average Bonchev–Trinajstić information content (AvgIpc) is 3.24. The maximum atomic E-state index is 13.6. The highest BCUT2D eigenvalue weighted by Gasteiger charge is 2.54. The van der Waals surface area contributed by atoms with Crippen LogP contribution in [0.3, 0.4) is 0 Å². The van der Waals surface area contributed by atoms with Crippen molar-refractivity contribution in [3.8, 4) is 11.1 Å². The molecule has 4 heterocycles. The number of rotatable bonds is 3. The summed E-state index contributed by atoms with van der Waals surface area (Å²) in [5.41, 5.74) is 8.31. The van der Waals surface area contributed by atoms with Gasteiger partial charge in [0, 0.05) is 41.5 Å². The summed E-state index contributed by atoms with van der Waals surface area (Å²) in [6.45, 7) is 12.4. The molecule has 7 nitrogen and oxygen atoms in total. The Morgan fingerprint density at radius 3 is 2.64 bits per heavy atom. The predicted octanol–water partition coefficient (Wildman–Crippen LogP) is 4.57. The number of aromatic nitrogens is 2. The second-order valence-corrected chi connectivity index (χ2v) is 10.1. The molecule has 1 unspecified atom stereocenters. The Morgan fingerprint density at radius 2 is 1.97 bits per heavy atom. The Hall–Kier alpha value is -3.22. The van der Waals surface area contributed by atoms with E-state index in [-0.39, 0.29) is 17.6 Å². The fourth-order valence-electron chi connectivity index (χ4n) is 6.06. The van der Waals surface area contributed by atoms with Gasteiger partial charge < -0.3 is 10.6 Å². The van der Waals surface area contributed by atoms with Crippen molar-refractivity contribution in [3.63, 3.8) is 0 Å². The van der Waals surface area contributed by atoms with E-state index in [0.717, 1.165) is 63.5 Å². The van der Waals surface area contributed by atoms with Gasteiger partial charge in [-0.2, -0.15) is 15.3 Å². The number of carbonyl (C=O) groups is 1. The van der Waals surface area contributed by atoms with Crippen LogP contribution in [0.25, 0.3) is 11.1 Å². The SMILES string of the molecule is CC[C@@]1(c2cccc(-c3c(C)nn(C)c3C)c2)C2=C(CC(C)(C)NC2=O)NC2N=NC(C)=C21. The first-order valence-corrected chi connectivity index (χ1v) is 11.6. The quantitative estimate of drug-likeness (QED) is 0.727. The van der Waals surface area contributed by atoms with Crippen LogP contribution < -0.4 is 10.6 Å². The molecule has 0 saturated heterocycles. The van der Waals surface area contributed by atoms with Gasteiger partial charge in [0.1, 0.15) is 0 Å². The van der Waals surface area contributed by atoms with E-state index in [9.17, 15) is 4.79 Å². The molecule has 0 spiro atoms. The monoisotopic (exact) mass is 444 g/mol. The zero-order valence-corrected chi connectivity index (χ0v) is 20.5. The van der Waals surface area contributed by atoms with Gasteiger partial charge in [0.05, 0.1) is 22.4 Å². The van der Waals surface area contributed by atoms with Crippen molar-refractivity contribution in [2.75, 3.05) is 0 Å². The molecular formula is C26H32N6O. The van der Waals surface area contributed by atoms with Gasteiger partial charge in [-0.15, -0.1) is 0 Å². The number of hydrogen-bond acceptors (Lipinski definition) is 5. The summed E-state index contributed by atoms with van der Waals surface area (Å²) in [7, 11) is 1.97. The summed E-state index contributed by atoms with van der Waals surface area (Å²) < 4.78 is 1.92. The van der Waals surface area contributed by atoms with Crippen LogP contribution >= 0.6 is 0 Å². The van der Waals surface area contributed by atoms with Crippen LogP contribution in [-0.2, 0) is 17.3 Å². The molecule has 172 valence electrons. The van der Waals surface area contributed by atoms with Crippen molar-refractivity contribution in [1.82, 2.24) is 20.4 Å². The standard InChI is InChI=1S/C26H32N6O/c1-8-26(18-11-9-10-17(12-18)20-14(2)31-32(7)16(20)4)21-15(3)29-30-23(21)27-19-13-25(5,6)28-24(33)22(19)26/h9-12,23,27H,8,13H2,1-7H3,(H,28,33)/t23?,26-/m0/s1. The first-order valence-electron chi connectivity index (χ1n) is 11.6. The number of nitrogens with one attached hydrogen (secondary N) is 2. The van der Waals surface area contributed by atoms with E-state index < -0.39 is 5.41 Å². The molecule has 1 aromatic heterocycles. The molecule has 0 aliphatic carbocycles. The molecule has 0 radical (unpaired) electrons.